The Morgan fingerprint density at radius 3 is 2.69 bits per heavy atom. The number of rotatable bonds is 8. The number of nitrogens with two attached hydrogens (primary N) is 1. The molecule has 0 atom stereocenters. The van der Waals surface area contributed by atoms with Gasteiger partial charge >= 0.3 is 0 Å². The zero-order valence-corrected chi connectivity index (χ0v) is 18.6. The minimum atomic E-state index is -0.420. The summed E-state index contributed by atoms with van der Waals surface area (Å²) in [4.78, 5) is 43.1. The Bertz CT molecular complexity index is 1070. The third kappa shape index (κ3) is 4.84. The molecular formula is C24H31N5O3. The average molecular weight is 438 g/mol. The molecular weight excluding hydrogens is 406 g/mol. The maximum absolute atomic E-state index is 12.8. The molecule has 0 unspecified atom stereocenters. The first kappa shape index (κ1) is 22.0. The Hall–Kier alpha value is -3.16. The van der Waals surface area contributed by atoms with Crippen LogP contribution in [0.15, 0.2) is 29.8 Å². The number of benzene rings is 1. The average Bonchev–Trinajstić information content (AvgIpc) is 3.52. The Balaban J connectivity index is 1.59. The van der Waals surface area contributed by atoms with Gasteiger partial charge in [0.15, 0.2) is 0 Å². The lowest BCUT2D eigenvalue weighted by atomic mass is 10.0. The van der Waals surface area contributed by atoms with E-state index in [-0.39, 0.29) is 18.2 Å². The van der Waals surface area contributed by atoms with Crippen LogP contribution >= 0.6 is 0 Å². The normalized spacial score (nSPS) is 16.3. The van der Waals surface area contributed by atoms with Crippen LogP contribution in [-0.4, -0.2) is 34.3 Å². The van der Waals surface area contributed by atoms with Gasteiger partial charge in [0, 0.05) is 37.7 Å². The minimum absolute atomic E-state index is 0.103. The van der Waals surface area contributed by atoms with Gasteiger partial charge in [-0.15, -0.1) is 0 Å². The number of aryl methyl sites for hydroxylation is 1. The molecule has 1 heterocycles. The molecule has 4 rings (SSSR count). The second-order valence-electron chi connectivity index (χ2n) is 8.86. The summed E-state index contributed by atoms with van der Waals surface area (Å²) in [6.45, 7) is 0.316. The number of hydrogen-bond acceptors (Lipinski definition) is 4. The highest BCUT2D eigenvalue weighted by Gasteiger charge is 2.22. The summed E-state index contributed by atoms with van der Waals surface area (Å²) >= 11 is 0. The van der Waals surface area contributed by atoms with Crippen molar-refractivity contribution in [2.24, 2.45) is 11.7 Å². The summed E-state index contributed by atoms with van der Waals surface area (Å²) in [5.74, 6) is 0.384. The third-order valence-electron chi connectivity index (χ3n) is 6.57. The van der Waals surface area contributed by atoms with Crippen molar-refractivity contribution in [1.82, 2.24) is 9.55 Å². The van der Waals surface area contributed by atoms with Crippen LogP contribution in [0.1, 0.15) is 57.8 Å². The van der Waals surface area contributed by atoms with E-state index in [4.69, 9.17) is 5.73 Å². The van der Waals surface area contributed by atoms with Crippen LogP contribution in [0.3, 0.4) is 0 Å². The minimum Gasteiger partial charge on any atom is -0.370 e. The van der Waals surface area contributed by atoms with Crippen molar-refractivity contribution in [2.45, 2.75) is 64.3 Å². The predicted molar refractivity (Wildman–Crippen MR) is 124 cm³/mol. The van der Waals surface area contributed by atoms with E-state index in [1.54, 1.807) is 16.5 Å². The first-order chi connectivity index (χ1) is 15.4. The van der Waals surface area contributed by atoms with Crippen LogP contribution in [0.5, 0.6) is 0 Å². The summed E-state index contributed by atoms with van der Waals surface area (Å²) in [5.41, 5.74) is 8.31. The second-order valence-corrected chi connectivity index (χ2v) is 8.86. The smallest absolute Gasteiger partial charge is 0.253 e. The Morgan fingerprint density at radius 1 is 1.22 bits per heavy atom. The molecule has 32 heavy (non-hydrogen) atoms. The lowest BCUT2D eigenvalue weighted by Gasteiger charge is -2.19. The number of aromatic nitrogens is 2. The van der Waals surface area contributed by atoms with Crippen molar-refractivity contribution in [3.8, 4) is 0 Å². The lowest BCUT2D eigenvalue weighted by molar-refractivity contribution is -0.119. The summed E-state index contributed by atoms with van der Waals surface area (Å²) in [7, 11) is 1.79. The number of nitrogens with zero attached hydrogens (tertiary/aromatic N) is 3. The number of primary amides is 1. The molecule has 0 radical (unpaired) electrons. The number of hydrogen-bond donors (Lipinski definition) is 2. The van der Waals surface area contributed by atoms with Crippen LogP contribution in [-0.2, 0) is 20.9 Å². The Kier molecular flexibility index (Phi) is 6.58. The van der Waals surface area contributed by atoms with Crippen molar-refractivity contribution in [2.75, 3.05) is 17.3 Å². The number of nitrogens with one attached hydrogen (secondary N) is 1. The van der Waals surface area contributed by atoms with Gasteiger partial charge in [-0.25, -0.2) is 4.98 Å². The van der Waals surface area contributed by atoms with Gasteiger partial charge in [0.1, 0.15) is 0 Å². The standard InChI is InChI=1S/C24H31N5O3/c1-28(22(31)14-16-6-2-3-7-16)18-10-11-20-19(15-18)26-24(29(20)13-12-21(25)30)27-23(32)17-8-4-5-9-17/h8,10-11,15-16H,2-7,9,12-14H2,1H3,(H2,25,30)(H,26,27,32). The van der Waals surface area contributed by atoms with Crippen molar-refractivity contribution < 1.29 is 14.4 Å². The maximum atomic E-state index is 12.8. The summed E-state index contributed by atoms with van der Waals surface area (Å²) in [6.07, 6.45) is 9.97. The SMILES string of the molecule is CN(C(=O)CC1CCCC1)c1ccc2c(c1)nc(NC(=O)C1=CCCC1)n2CCC(N)=O. The highest BCUT2D eigenvalue weighted by Crippen LogP contribution is 2.30. The van der Waals surface area contributed by atoms with E-state index in [2.05, 4.69) is 10.3 Å². The number of amides is 3. The molecule has 170 valence electrons. The van der Waals surface area contributed by atoms with Crippen molar-refractivity contribution in [1.29, 1.82) is 0 Å². The fourth-order valence-electron chi connectivity index (χ4n) is 4.67. The van der Waals surface area contributed by atoms with Crippen LogP contribution in [0, 0.1) is 5.92 Å². The van der Waals surface area contributed by atoms with Crippen LogP contribution in [0.25, 0.3) is 11.0 Å². The van der Waals surface area contributed by atoms with Gasteiger partial charge in [0.25, 0.3) is 5.91 Å². The van der Waals surface area contributed by atoms with Crippen LogP contribution in [0.4, 0.5) is 11.6 Å². The monoisotopic (exact) mass is 437 g/mol. The summed E-state index contributed by atoms with van der Waals surface area (Å²) < 4.78 is 1.80. The summed E-state index contributed by atoms with van der Waals surface area (Å²) in [6, 6.07) is 5.61. The zero-order chi connectivity index (χ0) is 22.7. The highest BCUT2D eigenvalue weighted by molar-refractivity contribution is 6.04. The molecule has 3 N–H and O–H groups in total. The maximum Gasteiger partial charge on any atom is 0.253 e. The van der Waals surface area contributed by atoms with Crippen molar-refractivity contribution in [3.05, 3.63) is 29.8 Å². The lowest BCUT2D eigenvalue weighted by Crippen LogP contribution is -2.27. The van der Waals surface area contributed by atoms with E-state index in [1.165, 1.54) is 12.8 Å². The van der Waals surface area contributed by atoms with E-state index in [0.717, 1.165) is 48.9 Å². The van der Waals surface area contributed by atoms with Crippen molar-refractivity contribution in [3.63, 3.8) is 0 Å². The quantitative estimate of drug-likeness (QED) is 0.658. The zero-order valence-electron chi connectivity index (χ0n) is 18.6. The third-order valence-corrected chi connectivity index (χ3v) is 6.57. The highest BCUT2D eigenvalue weighted by atomic mass is 16.2. The number of anilines is 2. The van der Waals surface area contributed by atoms with Gasteiger partial charge in [0.05, 0.1) is 11.0 Å². The number of fused-ring (bicyclic) bond motifs is 1. The van der Waals surface area contributed by atoms with E-state index in [9.17, 15) is 14.4 Å². The molecule has 8 nitrogen and oxygen atoms in total. The number of imidazole rings is 1. The molecule has 2 aliphatic carbocycles. The molecule has 1 fully saturated rings. The van der Waals surface area contributed by atoms with Crippen LogP contribution in [0.2, 0.25) is 0 Å². The van der Waals surface area contributed by atoms with Gasteiger partial charge in [-0.05, 0) is 56.2 Å². The topological polar surface area (TPSA) is 110 Å². The van der Waals surface area contributed by atoms with E-state index in [1.807, 2.05) is 24.3 Å². The molecule has 8 heteroatoms. The molecule has 1 aromatic carbocycles. The fraction of sp³-hybridized carbons (Fsp3) is 0.500. The van der Waals surface area contributed by atoms with Crippen molar-refractivity contribution >= 4 is 40.4 Å². The van der Waals surface area contributed by atoms with Gasteiger partial charge in [-0.3, -0.25) is 19.7 Å². The van der Waals surface area contributed by atoms with E-state index < -0.39 is 5.91 Å². The van der Waals surface area contributed by atoms with Gasteiger partial charge < -0.3 is 15.2 Å². The predicted octanol–water partition coefficient (Wildman–Crippen LogP) is 3.50. The fourth-order valence-corrected chi connectivity index (χ4v) is 4.67. The first-order valence-corrected chi connectivity index (χ1v) is 11.5. The first-order valence-electron chi connectivity index (χ1n) is 11.5. The molecule has 0 aliphatic heterocycles. The van der Waals surface area contributed by atoms with Gasteiger partial charge in [-0.2, -0.15) is 0 Å². The number of carbonyl (C=O) groups is 3. The molecule has 3 amide bonds. The molecule has 2 aromatic rings. The Morgan fingerprint density at radius 2 is 2.00 bits per heavy atom. The van der Waals surface area contributed by atoms with Crippen LogP contribution < -0.4 is 16.0 Å². The Labute approximate surface area is 187 Å². The molecule has 1 aromatic heterocycles. The van der Waals surface area contributed by atoms with E-state index in [0.29, 0.717) is 30.3 Å². The van der Waals surface area contributed by atoms with Gasteiger partial charge in [0.2, 0.25) is 17.8 Å². The summed E-state index contributed by atoms with van der Waals surface area (Å²) in [5, 5.41) is 2.90. The second kappa shape index (κ2) is 9.54. The molecule has 2 aliphatic rings. The number of allylic oxidation sites excluding steroid dienone is 1. The van der Waals surface area contributed by atoms with Gasteiger partial charge in [-0.1, -0.05) is 18.9 Å². The molecule has 0 saturated heterocycles. The molecule has 0 bridgehead atoms. The number of carbonyl (C=O) groups excluding carboxylic acids is 3. The largest absolute Gasteiger partial charge is 0.370 e. The molecule has 1 saturated carbocycles. The van der Waals surface area contributed by atoms with E-state index >= 15 is 0 Å². The molecule has 0 spiro atoms.